The monoisotopic (exact) mass is 449 g/mol. The van der Waals surface area contributed by atoms with Crippen LogP contribution in [0.2, 0.25) is 5.02 Å². The van der Waals surface area contributed by atoms with Gasteiger partial charge in [0, 0.05) is 23.4 Å². The number of nitrogens with zero attached hydrogens (tertiary/aromatic N) is 1. The van der Waals surface area contributed by atoms with Crippen LogP contribution in [0, 0.1) is 10.1 Å². The van der Waals surface area contributed by atoms with E-state index in [0.717, 1.165) is 6.07 Å². The summed E-state index contributed by atoms with van der Waals surface area (Å²) in [5, 5.41) is 16.1. The highest BCUT2D eigenvalue weighted by Gasteiger charge is 2.23. The third kappa shape index (κ3) is 6.30. The first-order valence-electron chi connectivity index (χ1n) is 8.88. The molecule has 2 amide bonds. The molecular weight excluding hydrogens is 430 g/mol. The maximum Gasteiger partial charge on any atom is 0.270 e. The molecule has 0 aliphatic rings. The predicted molar refractivity (Wildman–Crippen MR) is 117 cm³/mol. The first-order valence-corrected chi connectivity index (χ1v) is 10.7. The number of nitro groups is 1. The van der Waals surface area contributed by atoms with Crippen LogP contribution >= 0.6 is 23.4 Å². The van der Waals surface area contributed by atoms with Crippen molar-refractivity contribution in [2.24, 2.45) is 0 Å². The fourth-order valence-corrected chi connectivity index (χ4v) is 3.32. The van der Waals surface area contributed by atoms with Gasteiger partial charge in [-0.3, -0.25) is 24.5 Å². The average molecular weight is 450 g/mol. The van der Waals surface area contributed by atoms with E-state index in [2.05, 4.69) is 10.6 Å². The van der Waals surface area contributed by atoms with Gasteiger partial charge >= 0.3 is 0 Å². The number of rotatable bonds is 9. The Morgan fingerprint density at radius 1 is 1.20 bits per heavy atom. The van der Waals surface area contributed by atoms with Gasteiger partial charge in [-0.15, -0.1) is 0 Å². The number of halogens is 1. The maximum atomic E-state index is 12.8. The van der Waals surface area contributed by atoms with Crippen LogP contribution in [0.15, 0.2) is 42.5 Å². The van der Waals surface area contributed by atoms with Crippen LogP contribution < -0.4 is 10.6 Å². The number of hydrogen-bond acceptors (Lipinski definition) is 6. The summed E-state index contributed by atoms with van der Waals surface area (Å²) < 4.78 is 0. The second kappa shape index (κ2) is 10.7. The predicted octanol–water partition coefficient (Wildman–Crippen LogP) is 3.94. The van der Waals surface area contributed by atoms with Crippen LogP contribution in [0.1, 0.15) is 34.1 Å². The van der Waals surface area contributed by atoms with Gasteiger partial charge in [-0.2, -0.15) is 11.8 Å². The molecule has 0 heterocycles. The van der Waals surface area contributed by atoms with Crippen molar-refractivity contribution in [3.05, 3.63) is 68.7 Å². The molecule has 0 aromatic heterocycles. The van der Waals surface area contributed by atoms with Crippen LogP contribution in [-0.4, -0.2) is 40.6 Å². The molecule has 0 saturated carbocycles. The van der Waals surface area contributed by atoms with E-state index in [1.54, 1.807) is 24.3 Å². The molecule has 1 atom stereocenters. The zero-order chi connectivity index (χ0) is 22.3. The molecular formula is C20H20ClN3O5S. The van der Waals surface area contributed by atoms with E-state index in [1.165, 1.54) is 30.8 Å². The van der Waals surface area contributed by atoms with Crippen LogP contribution in [0.5, 0.6) is 0 Å². The normalized spacial score (nSPS) is 11.4. The van der Waals surface area contributed by atoms with Gasteiger partial charge in [0.05, 0.1) is 15.5 Å². The third-order valence-electron chi connectivity index (χ3n) is 4.18. The van der Waals surface area contributed by atoms with Gasteiger partial charge in [-0.1, -0.05) is 23.7 Å². The second-order valence-electron chi connectivity index (χ2n) is 6.36. The Labute approximate surface area is 182 Å². The van der Waals surface area contributed by atoms with E-state index in [9.17, 15) is 24.5 Å². The minimum atomic E-state index is -0.864. The smallest absolute Gasteiger partial charge is 0.270 e. The lowest BCUT2D eigenvalue weighted by Gasteiger charge is -2.19. The maximum absolute atomic E-state index is 12.8. The molecule has 2 N–H and O–H groups in total. The number of benzene rings is 2. The number of nitro benzene ring substituents is 1. The molecule has 0 aliphatic carbocycles. The lowest BCUT2D eigenvalue weighted by Crippen LogP contribution is -2.44. The largest absolute Gasteiger partial charge is 0.340 e. The highest BCUT2D eigenvalue weighted by Crippen LogP contribution is 2.22. The molecule has 0 fully saturated rings. The molecule has 0 aliphatic heterocycles. The Hall–Kier alpha value is -2.91. The van der Waals surface area contributed by atoms with E-state index >= 15 is 0 Å². The van der Waals surface area contributed by atoms with Gasteiger partial charge in [-0.05, 0) is 43.6 Å². The van der Waals surface area contributed by atoms with E-state index in [0.29, 0.717) is 23.4 Å². The van der Waals surface area contributed by atoms with Gasteiger partial charge in [0.1, 0.15) is 6.04 Å². The number of ketones is 1. The van der Waals surface area contributed by atoms with Crippen molar-refractivity contribution in [3.63, 3.8) is 0 Å². The Morgan fingerprint density at radius 3 is 2.53 bits per heavy atom. The zero-order valence-electron chi connectivity index (χ0n) is 16.3. The molecule has 2 aromatic rings. The van der Waals surface area contributed by atoms with Gasteiger partial charge in [0.25, 0.3) is 11.6 Å². The quantitative estimate of drug-likeness (QED) is 0.340. The van der Waals surface area contributed by atoms with Crippen molar-refractivity contribution in [2.75, 3.05) is 17.3 Å². The number of thioether (sulfide) groups is 1. The number of hydrogen-bond donors (Lipinski definition) is 2. The molecule has 0 bridgehead atoms. The average Bonchev–Trinajstić information content (AvgIpc) is 2.70. The SMILES string of the molecule is CSCC[C@H](NC(=O)c1ccc([N+](=O)[O-])cc1Cl)C(=O)Nc1cccc(C(C)=O)c1. The number of amides is 2. The van der Waals surface area contributed by atoms with Crippen LogP contribution in [0.3, 0.4) is 0 Å². The summed E-state index contributed by atoms with van der Waals surface area (Å²) >= 11 is 7.52. The zero-order valence-corrected chi connectivity index (χ0v) is 17.9. The Bertz CT molecular complexity index is 983. The minimum Gasteiger partial charge on any atom is -0.340 e. The van der Waals surface area contributed by atoms with Gasteiger partial charge in [-0.25, -0.2) is 0 Å². The number of anilines is 1. The number of non-ortho nitro benzene ring substituents is 1. The summed E-state index contributed by atoms with van der Waals surface area (Å²) in [6.07, 6.45) is 2.23. The number of nitrogens with one attached hydrogen (secondary N) is 2. The molecule has 0 unspecified atom stereocenters. The summed E-state index contributed by atoms with van der Waals surface area (Å²) in [6, 6.07) is 9.13. The fourth-order valence-electron chi connectivity index (χ4n) is 2.59. The lowest BCUT2D eigenvalue weighted by molar-refractivity contribution is -0.384. The summed E-state index contributed by atoms with van der Waals surface area (Å²) in [5.41, 5.74) is 0.681. The molecule has 0 radical (unpaired) electrons. The highest BCUT2D eigenvalue weighted by molar-refractivity contribution is 7.98. The van der Waals surface area contributed by atoms with Crippen molar-refractivity contribution in [1.29, 1.82) is 0 Å². The van der Waals surface area contributed by atoms with Gasteiger partial charge in [0.2, 0.25) is 5.91 Å². The van der Waals surface area contributed by atoms with E-state index in [4.69, 9.17) is 11.6 Å². The summed E-state index contributed by atoms with van der Waals surface area (Å²) in [7, 11) is 0. The van der Waals surface area contributed by atoms with Crippen molar-refractivity contribution in [1.82, 2.24) is 5.32 Å². The van der Waals surface area contributed by atoms with Crippen molar-refractivity contribution >= 4 is 52.3 Å². The van der Waals surface area contributed by atoms with Crippen molar-refractivity contribution in [2.45, 2.75) is 19.4 Å². The van der Waals surface area contributed by atoms with Crippen molar-refractivity contribution in [3.8, 4) is 0 Å². The number of Topliss-reactive ketones (excluding diaryl/α,β-unsaturated/α-hetero) is 1. The molecule has 8 nitrogen and oxygen atoms in total. The Balaban J connectivity index is 2.17. The Kier molecular flexibility index (Phi) is 8.37. The highest BCUT2D eigenvalue weighted by atomic mass is 35.5. The molecule has 2 aromatic carbocycles. The molecule has 0 spiro atoms. The Morgan fingerprint density at radius 2 is 1.93 bits per heavy atom. The number of carbonyl (C=O) groups is 3. The van der Waals surface area contributed by atoms with Crippen LogP contribution in [-0.2, 0) is 4.79 Å². The molecule has 2 rings (SSSR count). The lowest BCUT2D eigenvalue weighted by atomic mass is 10.1. The molecule has 158 valence electrons. The van der Waals surface area contributed by atoms with Gasteiger partial charge in [0.15, 0.2) is 5.78 Å². The molecule has 0 saturated heterocycles. The van der Waals surface area contributed by atoms with Crippen molar-refractivity contribution < 1.29 is 19.3 Å². The number of carbonyl (C=O) groups excluding carboxylic acids is 3. The third-order valence-corrected chi connectivity index (χ3v) is 5.13. The molecule has 30 heavy (non-hydrogen) atoms. The standard InChI is InChI=1S/C20H20ClN3O5S/c1-12(25)13-4-3-5-14(10-13)22-20(27)18(8-9-30-2)23-19(26)16-7-6-15(24(28)29)11-17(16)21/h3-7,10-11,18H,8-9H2,1-2H3,(H,22,27)(H,23,26)/t18-/m0/s1. The van der Waals surface area contributed by atoms with Crippen LogP contribution in [0.25, 0.3) is 0 Å². The summed E-state index contributed by atoms with van der Waals surface area (Å²) in [6.45, 7) is 1.43. The first kappa shape index (κ1) is 23.4. The fraction of sp³-hybridized carbons (Fsp3) is 0.250. The minimum absolute atomic E-state index is 0.0304. The summed E-state index contributed by atoms with van der Waals surface area (Å²) in [4.78, 5) is 47.1. The summed E-state index contributed by atoms with van der Waals surface area (Å²) in [5.74, 6) is -0.587. The van der Waals surface area contributed by atoms with E-state index in [-0.39, 0.29) is 22.1 Å². The second-order valence-corrected chi connectivity index (χ2v) is 7.75. The molecule has 10 heteroatoms. The topological polar surface area (TPSA) is 118 Å². The van der Waals surface area contributed by atoms with E-state index < -0.39 is 22.8 Å². The van der Waals surface area contributed by atoms with Gasteiger partial charge < -0.3 is 10.6 Å². The van der Waals surface area contributed by atoms with Crippen LogP contribution in [0.4, 0.5) is 11.4 Å². The van der Waals surface area contributed by atoms with E-state index in [1.807, 2.05) is 6.26 Å². The first-order chi connectivity index (χ1) is 14.2.